The van der Waals surface area contributed by atoms with Crippen molar-refractivity contribution in [2.24, 2.45) is 5.10 Å². The number of ether oxygens (including phenoxy) is 1. The van der Waals surface area contributed by atoms with Gasteiger partial charge in [0.1, 0.15) is 23.7 Å². The third kappa shape index (κ3) is 4.51. The molecule has 0 fully saturated rings. The van der Waals surface area contributed by atoms with Gasteiger partial charge in [-0.2, -0.15) is 28.8 Å². The summed E-state index contributed by atoms with van der Waals surface area (Å²) in [5, 5.41) is 20.5. The molecule has 2 aromatic rings. The van der Waals surface area contributed by atoms with E-state index in [9.17, 15) is 26.3 Å². The number of hydrazone groups is 1. The number of nitrogens with zero attached hydrogens (tertiary/aromatic N) is 3. The number of benzene rings is 2. The van der Waals surface area contributed by atoms with Crippen LogP contribution in [0.1, 0.15) is 11.1 Å². The van der Waals surface area contributed by atoms with E-state index in [-0.39, 0.29) is 23.4 Å². The molecule has 1 N–H and O–H groups in total. The maximum absolute atomic E-state index is 13.9. The molecule has 0 amide bonds. The first-order valence-corrected chi connectivity index (χ1v) is 7.25. The van der Waals surface area contributed by atoms with E-state index in [1.54, 1.807) is 0 Å². The summed E-state index contributed by atoms with van der Waals surface area (Å²) in [4.78, 5) is 0. The summed E-state index contributed by atoms with van der Waals surface area (Å²) in [6.07, 6.45) is -4.96. The Labute approximate surface area is 154 Å². The van der Waals surface area contributed by atoms with E-state index in [0.717, 1.165) is 12.1 Å². The minimum Gasteiger partial charge on any atom is -0.451 e. The van der Waals surface area contributed by atoms with Gasteiger partial charge in [0.2, 0.25) is 5.71 Å². The van der Waals surface area contributed by atoms with Crippen molar-refractivity contribution in [1.82, 2.24) is 0 Å². The number of nitrogens with one attached hydrogen (secondary N) is 1. The van der Waals surface area contributed by atoms with E-state index in [1.165, 1.54) is 19.1 Å². The average molecular weight is 398 g/mol. The van der Waals surface area contributed by atoms with E-state index in [1.807, 2.05) is 0 Å². The van der Waals surface area contributed by atoms with Crippen molar-refractivity contribution in [3.63, 3.8) is 0 Å². The molecular formula is C17H8F6N4O. The quantitative estimate of drug-likeness (QED) is 0.445. The molecule has 0 aromatic heterocycles. The minimum absolute atomic E-state index is 0.0616. The van der Waals surface area contributed by atoms with Crippen LogP contribution in [0.3, 0.4) is 0 Å². The van der Waals surface area contributed by atoms with Crippen molar-refractivity contribution in [3.8, 4) is 23.6 Å². The van der Waals surface area contributed by atoms with E-state index < -0.39 is 46.3 Å². The molecule has 0 aliphatic heterocycles. The van der Waals surface area contributed by atoms with Gasteiger partial charge in [0, 0.05) is 6.07 Å². The van der Waals surface area contributed by atoms with Crippen LogP contribution in [0.2, 0.25) is 0 Å². The predicted octanol–water partition coefficient (Wildman–Crippen LogP) is 5.04. The first-order chi connectivity index (χ1) is 13.1. The molecular weight excluding hydrogens is 390 g/mol. The SMILES string of the molecule is Cc1cc(F)c(NN=C(C#N)C#N)cc1Oc1c(F)cc(C(F)(F)F)cc1F. The number of halogens is 6. The van der Waals surface area contributed by atoms with E-state index in [0.29, 0.717) is 0 Å². The van der Waals surface area contributed by atoms with E-state index >= 15 is 0 Å². The molecule has 0 atom stereocenters. The Balaban J connectivity index is 2.42. The van der Waals surface area contributed by atoms with Gasteiger partial charge in [0.05, 0.1) is 11.3 Å². The molecule has 0 unspecified atom stereocenters. The van der Waals surface area contributed by atoms with Crippen molar-refractivity contribution in [2.75, 3.05) is 5.43 Å². The molecule has 144 valence electrons. The molecule has 5 nitrogen and oxygen atoms in total. The second-order valence-electron chi connectivity index (χ2n) is 5.26. The van der Waals surface area contributed by atoms with Gasteiger partial charge in [-0.1, -0.05) is 0 Å². The summed E-state index contributed by atoms with van der Waals surface area (Å²) >= 11 is 0. The van der Waals surface area contributed by atoms with Crippen LogP contribution in [0.4, 0.5) is 32.0 Å². The second-order valence-corrected chi connectivity index (χ2v) is 5.26. The number of alkyl halides is 3. The highest BCUT2D eigenvalue weighted by molar-refractivity contribution is 6.10. The Morgan fingerprint density at radius 2 is 1.57 bits per heavy atom. The van der Waals surface area contributed by atoms with Gasteiger partial charge >= 0.3 is 6.18 Å². The van der Waals surface area contributed by atoms with Gasteiger partial charge in [0.15, 0.2) is 17.4 Å². The third-order valence-electron chi connectivity index (χ3n) is 3.30. The number of hydrogen-bond acceptors (Lipinski definition) is 5. The van der Waals surface area contributed by atoms with Crippen LogP contribution in [-0.2, 0) is 6.18 Å². The number of rotatable bonds is 4. The lowest BCUT2D eigenvalue weighted by atomic mass is 10.1. The highest BCUT2D eigenvalue weighted by Gasteiger charge is 2.33. The summed E-state index contributed by atoms with van der Waals surface area (Å²) in [5.41, 5.74) is -0.428. The standard InChI is InChI=1S/C17H8F6N4O/c1-8-2-11(18)14(27-26-10(6-24)7-25)5-15(8)28-16-12(19)3-9(4-13(16)20)17(21,22)23/h2-5,27H,1H3. The van der Waals surface area contributed by atoms with Crippen molar-refractivity contribution >= 4 is 11.4 Å². The van der Waals surface area contributed by atoms with Crippen LogP contribution in [0, 0.1) is 47.0 Å². The zero-order valence-corrected chi connectivity index (χ0v) is 13.8. The lowest BCUT2D eigenvalue weighted by molar-refractivity contribution is -0.138. The highest BCUT2D eigenvalue weighted by atomic mass is 19.4. The predicted molar refractivity (Wildman–Crippen MR) is 84.9 cm³/mol. The van der Waals surface area contributed by atoms with Crippen LogP contribution in [0.25, 0.3) is 0 Å². The van der Waals surface area contributed by atoms with Gasteiger partial charge in [-0.15, -0.1) is 0 Å². The molecule has 0 bridgehead atoms. The van der Waals surface area contributed by atoms with Crippen molar-refractivity contribution < 1.29 is 31.1 Å². The van der Waals surface area contributed by atoms with Crippen molar-refractivity contribution in [1.29, 1.82) is 10.5 Å². The first-order valence-electron chi connectivity index (χ1n) is 7.25. The van der Waals surface area contributed by atoms with Gasteiger partial charge in [0.25, 0.3) is 0 Å². The number of hydrogen-bond donors (Lipinski definition) is 1. The maximum Gasteiger partial charge on any atom is 0.416 e. The fourth-order valence-electron chi connectivity index (χ4n) is 1.97. The summed E-state index contributed by atoms with van der Waals surface area (Å²) < 4.78 is 84.6. The molecule has 0 radical (unpaired) electrons. The number of aryl methyl sites for hydroxylation is 1. The molecule has 0 saturated heterocycles. The monoisotopic (exact) mass is 398 g/mol. The topological polar surface area (TPSA) is 81.2 Å². The van der Waals surface area contributed by atoms with Crippen molar-refractivity contribution in [3.05, 3.63) is 52.8 Å². The average Bonchev–Trinajstić information content (AvgIpc) is 2.60. The third-order valence-corrected chi connectivity index (χ3v) is 3.30. The molecule has 11 heteroatoms. The molecule has 2 rings (SSSR count). The van der Waals surface area contributed by atoms with Gasteiger partial charge in [-0.05, 0) is 30.7 Å². The Bertz CT molecular complexity index is 995. The molecule has 2 aromatic carbocycles. The first kappa shape index (κ1) is 20.6. The van der Waals surface area contributed by atoms with Crippen molar-refractivity contribution in [2.45, 2.75) is 13.1 Å². The summed E-state index contributed by atoms with van der Waals surface area (Å²) in [7, 11) is 0. The minimum atomic E-state index is -4.96. The zero-order chi connectivity index (χ0) is 21.1. The fraction of sp³-hybridized carbons (Fsp3) is 0.118. The van der Waals surface area contributed by atoms with Crippen LogP contribution in [0.15, 0.2) is 29.4 Å². The normalized spacial score (nSPS) is 10.6. The van der Waals surface area contributed by atoms with Gasteiger partial charge in [-0.3, -0.25) is 5.43 Å². The summed E-state index contributed by atoms with van der Waals surface area (Å²) in [6.45, 7) is 1.32. The molecule has 28 heavy (non-hydrogen) atoms. The summed E-state index contributed by atoms with van der Waals surface area (Å²) in [6, 6.07) is 4.78. The van der Waals surface area contributed by atoms with Crippen LogP contribution in [0.5, 0.6) is 11.5 Å². The maximum atomic E-state index is 13.9. The fourth-order valence-corrected chi connectivity index (χ4v) is 1.97. The molecule has 0 aliphatic carbocycles. The Morgan fingerprint density at radius 1 is 1.00 bits per heavy atom. The Morgan fingerprint density at radius 3 is 2.07 bits per heavy atom. The number of anilines is 1. The Hall–Kier alpha value is -3.73. The Kier molecular flexibility index (Phi) is 5.79. The molecule has 0 heterocycles. The van der Waals surface area contributed by atoms with Crippen LogP contribution in [-0.4, -0.2) is 5.71 Å². The largest absolute Gasteiger partial charge is 0.451 e. The zero-order valence-electron chi connectivity index (χ0n) is 13.8. The highest BCUT2D eigenvalue weighted by Crippen LogP contribution is 2.37. The smallest absolute Gasteiger partial charge is 0.416 e. The lowest BCUT2D eigenvalue weighted by Gasteiger charge is -2.14. The molecule has 0 saturated carbocycles. The van der Waals surface area contributed by atoms with Crippen LogP contribution >= 0.6 is 0 Å². The van der Waals surface area contributed by atoms with Gasteiger partial charge < -0.3 is 4.74 Å². The van der Waals surface area contributed by atoms with E-state index in [4.69, 9.17) is 15.3 Å². The van der Waals surface area contributed by atoms with Crippen LogP contribution < -0.4 is 10.2 Å². The van der Waals surface area contributed by atoms with Gasteiger partial charge in [-0.25, -0.2) is 13.2 Å². The molecule has 0 spiro atoms. The lowest BCUT2D eigenvalue weighted by Crippen LogP contribution is -2.07. The summed E-state index contributed by atoms with van der Waals surface area (Å²) in [5.74, 6) is -5.53. The number of nitriles is 2. The second kappa shape index (κ2) is 7.88. The van der Waals surface area contributed by atoms with E-state index in [2.05, 4.69) is 10.5 Å². The molecule has 0 aliphatic rings.